The van der Waals surface area contributed by atoms with Crippen LogP contribution < -0.4 is 5.56 Å². The molecule has 150 valence electrons. The van der Waals surface area contributed by atoms with Gasteiger partial charge in [0.25, 0.3) is 5.56 Å². The van der Waals surface area contributed by atoms with Crippen LogP contribution in [0.1, 0.15) is 28.7 Å². The van der Waals surface area contributed by atoms with Crippen LogP contribution in [0.5, 0.6) is 0 Å². The van der Waals surface area contributed by atoms with Crippen LogP contribution in [0.4, 0.5) is 26.3 Å². The molecule has 0 unspecified atom stereocenters. The third-order valence-electron chi connectivity index (χ3n) is 4.04. The van der Waals surface area contributed by atoms with E-state index in [0.29, 0.717) is 12.1 Å². The molecule has 0 spiro atoms. The van der Waals surface area contributed by atoms with Crippen molar-refractivity contribution in [3.05, 3.63) is 50.9 Å². The van der Waals surface area contributed by atoms with Crippen molar-refractivity contribution in [3.63, 3.8) is 0 Å². The summed E-state index contributed by atoms with van der Waals surface area (Å²) in [4.78, 5) is 20.0. The Hall–Kier alpha value is -3.05. The molecule has 28 heavy (non-hydrogen) atoms. The van der Waals surface area contributed by atoms with Gasteiger partial charge in [0.2, 0.25) is 0 Å². The fourth-order valence-corrected chi connectivity index (χ4v) is 2.82. The second-order valence-corrected chi connectivity index (χ2v) is 5.91. The normalized spacial score (nSPS) is 14.8. The van der Waals surface area contributed by atoms with E-state index < -0.39 is 51.7 Å². The molecule has 2 heterocycles. The first-order valence-corrected chi connectivity index (χ1v) is 7.71. The first-order valence-electron chi connectivity index (χ1n) is 7.71. The van der Waals surface area contributed by atoms with Crippen molar-refractivity contribution < 1.29 is 36.4 Å². The van der Waals surface area contributed by atoms with Gasteiger partial charge in [-0.05, 0) is 19.1 Å². The van der Waals surface area contributed by atoms with E-state index in [-0.39, 0.29) is 23.3 Å². The Morgan fingerprint density at radius 1 is 1.14 bits per heavy atom. The lowest BCUT2D eigenvalue weighted by molar-refractivity contribution is -0.143. The highest BCUT2D eigenvalue weighted by molar-refractivity contribution is 6.05. The monoisotopic (exact) mass is 407 g/mol. The largest absolute Gasteiger partial charge is 0.423 e. The number of aromatic nitrogens is 2. The molecule has 1 N–H and O–H groups in total. The maximum absolute atomic E-state index is 13.9. The molecule has 2 aromatic rings. The SMILES string of the molecule is Cc1cnc(-c2ccc(C(F)(F)F)c(C3=NOCC3)c2C(F)(F)F)n(O)c1=O. The molecule has 12 heteroatoms. The summed E-state index contributed by atoms with van der Waals surface area (Å²) in [5.41, 5.74) is -7.06. The van der Waals surface area contributed by atoms with Crippen molar-refractivity contribution in [2.24, 2.45) is 5.16 Å². The molecule has 3 rings (SSSR count). The average Bonchev–Trinajstić information content (AvgIpc) is 3.11. The molecule has 1 aromatic carbocycles. The molecule has 0 fully saturated rings. The van der Waals surface area contributed by atoms with E-state index in [2.05, 4.69) is 15.0 Å². The Kier molecular flexibility index (Phi) is 4.60. The number of benzene rings is 1. The average molecular weight is 407 g/mol. The lowest BCUT2D eigenvalue weighted by atomic mass is 9.90. The lowest BCUT2D eigenvalue weighted by Gasteiger charge is -2.21. The predicted octanol–water partition coefficient (Wildman–Crippen LogP) is 3.62. The van der Waals surface area contributed by atoms with Crippen LogP contribution in [0.3, 0.4) is 0 Å². The third-order valence-corrected chi connectivity index (χ3v) is 4.04. The fraction of sp³-hybridized carbons (Fsp3) is 0.312. The van der Waals surface area contributed by atoms with Crippen molar-refractivity contribution in [1.82, 2.24) is 9.71 Å². The number of hydrogen-bond acceptors (Lipinski definition) is 5. The van der Waals surface area contributed by atoms with Crippen molar-refractivity contribution in [1.29, 1.82) is 0 Å². The first kappa shape index (κ1) is 19.7. The van der Waals surface area contributed by atoms with Crippen LogP contribution in [0.15, 0.2) is 28.3 Å². The standard InChI is InChI=1S/C16H11F6N3O3/c1-7-6-23-13(25(27)14(7)26)8-2-3-9(15(17,18)19)11(10-4-5-28-24-10)12(8)16(20,21)22/h2-3,6,27H,4-5H2,1H3. The number of oxime groups is 1. The van der Waals surface area contributed by atoms with Gasteiger partial charge in [-0.3, -0.25) is 4.79 Å². The Morgan fingerprint density at radius 2 is 1.82 bits per heavy atom. The summed E-state index contributed by atoms with van der Waals surface area (Å²) in [5.74, 6) is -0.850. The number of aryl methyl sites for hydroxylation is 1. The molecule has 1 aliphatic rings. The van der Waals surface area contributed by atoms with Gasteiger partial charge >= 0.3 is 12.4 Å². The number of halogens is 6. The summed E-state index contributed by atoms with van der Waals surface area (Å²) in [6, 6.07) is 0.933. The Balaban J connectivity index is 2.45. The maximum Gasteiger partial charge on any atom is 0.417 e. The molecular weight excluding hydrogens is 396 g/mol. The predicted molar refractivity (Wildman–Crippen MR) is 83.0 cm³/mol. The summed E-state index contributed by atoms with van der Waals surface area (Å²) in [5, 5.41) is 13.2. The van der Waals surface area contributed by atoms with Gasteiger partial charge in [-0.2, -0.15) is 26.3 Å². The minimum Gasteiger partial charge on any atom is -0.423 e. The van der Waals surface area contributed by atoms with E-state index in [4.69, 9.17) is 0 Å². The van der Waals surface area contributed by atoms with Gasteiger partial charge in [0, 0.05) is 29.3 Å². The van der Waals surface area contributed by atoms with Crippen molar-refractivity contribution in [3.8, 4) is 11.4 Å². The molecule has 0 radical (unpaired) electrons. The third kappa shape index (κ3) is 3.29. The maximum atomic E-state index is 13.9. The van der Waals surface area contributed by atoms with Gasteiger partial charge in [-0.25, -0.2) is 4.98 Å². The smallest absolute Gasteiger partial charge is 0.417 e. The number of hydrogen-bond donors (Lipinski definition) is 1. The number of alkyl halides is 6. The van der Waals surface area contributed by atoms with Gasteiger partial charge in [0.1, 0.15) is 6.61 Å². The minimum atomic E-state index is -5.28. The molecule has 6 nitrogen and oxygen atoms in total. The highest BCUT2D eigenvalue weighted by atomic mass is 19.4. The summed E-state index contributed by atoms with van der Waals surface area (Å²) in [6.07, 6.45) is -9.75. The van der Waals surface area contributed by atoms with Crippen LogP contribution in [0.2, 0.25) is 0 Å². The zero-order valence-electron chi connectivity index (χ0n) is 14.0. The fourth-order valence-electron chi connectivity index (χ4n) is 2.82. The van der Waals surface area contributed by atoms with Gasteiger partial charge in [-0.15, -0.1) is 4.73 Å². The van der Waals surface area contributed by atoms with E-state index in [1.807, 2.05) is 0 Å². The van der Waals surface area contributed by atoms with E-state index in [1.54, 1.807) is 0 Å². The molecule has 1 aromatic heterocycles. The molecular formula is C16H11F6N3O3. The minimum absolute atomic E-state index is 0.0690. The van der Waals surface area contributed by atoms with Crippen molar-refractivity contribution >= 4 is 5.71 Å². The highest BCUT2D eigenvalue weighted by Crippen LogP contribution is 2.44. The van der Waals surface area contributed by atoms with E-state index in [1.165, 1.54) is 6.92 Å². The molecule has 0 aliphatic carbocycles. The van der Waals surface area contributed by atoms with E-state index in [0.717, 1.165) is 6.20 Å². The van der Waals surface area contributed by atoms with E-state index in [9.17, 15) is 36.3 Å². The molecule has 0 bridgehead atoms. The van der Waals surface area contributed by atoms with Gasteiger partial charge in [-0.1, -0.05) is 5.16 Å². The Labute approximate surface area is 152 Å². The quantitative estimate of drug-likeness (QED) is 0.610. The van der Waals surface area contributed by atoms with Crippen LogP contribution in [0, 0.1) is 6.92 Å². The topological polar surface area (TPSA) is 76.7 Å². The second kappa shape index (κ2) is 6.53. The Bertz CT molecular complexity index is 1020. The van der Waals surface area contributed by atoms with Crippen molar-refractivity contribution in [2.45, 2.75) is 25.7 Å². The van der Waals surface area contributed by atoms with E-state index >= 15 is 0 Å². The lowest BCUT2D eigenvalue weighted by Crippen LogP contribution is -2.25. The van der Waals surface area contributed by atoms with Gasteiger partial charge in [0.05, 0.1) is 16.8 Å². The summed E-state index contributed by atoms with van der Waals surface area (Å²) >= 11 is 0. The number of rotatable bonds is 2. The summed E-state index contributed by atoms with van der Waals surface area (Å²) in [6.45, 7) is 1.08. The summed E-state index contributed by atoms with van der Waals surface area (Å²) in [7, 11) is 0. The zero-order valence-corrected chi connectivity index (χ0v) is 14.0. The Morgan fingerprint density at radius 3 is 2.36 bits per heavy atom. The zero-order chi connectivity index (χ0) is 20.9. The molecule has 1 aliphatic heterocycles. The van der Waals surface area contributed by atoms with Gasteiger partial charge < -0.3 is 10.0 Å². The molecule has 0 saturated heterocycles. The molecule has 0 saturated carbocycles. The highest BCUT2D eigenvalue weighted by Gasteiger charge is 2.45. The van der Waals surface area contributed by atoms with Crippen LogP contribution >= 0.6 is 0 Å². The second-order valence-electron chi connectivity index (χ2n) is 5.91. The van der Waals surface area contributed by atoms with Crippen LogP contribution in [-0.2, 0) is 17.2 Å². The van der Waals surface area contributed by atoms with Crippen LogP contribution in [-0.4, -0.2) is 27.2 Å². The van der Waals surface area contributed by atoms with Crippen molar-refractivity contribution in [2.75, 3.05) is 6.61 Å². The molecule has 0 amide bonds. The number of nitrogens with zero attached hydrogens (tertiary/aromatic N) is 3. The molecule has 0 atom stereocenters. The first-order chi connectivity index (χ1) is 12.9. The summed E-state index contributed by atoms with van der Waals surface area (Å²) < 4.78 is 81.7. The van der Waals surface area contributed by atoms with Crippen LogP contribution in [0.25, 0.3) is 11.4 Å². The van der Waals surface area contributed by atoms with Gasteiger partial charge in [0.15, 0.2) is 5.82 Å².